The van der Waals surface area contributed by atoms with Gasteiger partial charge in [0, 0.05) is 18.8 Å². The van der Waals surface area contributed by atoms with Gasteiger partial charge < -0.3 is 4.90 Å². The van der Waals surface area contributed by atoms with Crippen molar-refractivity contribution in [1.82, 2.24) is 4.98 Å². The van der Waals surface area contributed by atoms with Crippen molar-refractivity contribution in [2.45, 2.75) is 39.5 Å². The van der Waals surface area contributed by atoms with Crippen LogP contribution in [-0.4, -0.2) is 18.1 Å². The lowest BCUT2D eigenvalue weighted by atomic mass is 10.0. The molecule has 2 rings (SSSR count). The summed E-state index contributed by atoms with van der Waals surface area (Å²) >= 11 is 0. The predicted molar refractivity (Wildman–Crippen MR) is 68.8 cm³/mol. The van der Waals surface area contributed by atoms with Crippen molar-refractivity contribution < 1.29 is 0 Å². The van der Waals surface area contributed by atoms with Crippen LogP contribution in [0.4, 0.5) is 5.69 Å². The molecule has 0 aliphatic carbocycles. The van der Waals surface area contributed by atoms with E-state index < -0.39 is 0 Å². The summed E-state index contributed by atoms with van der Waals surface area (Å²) in [5.74, 6) is 0.882. The van der Waals surface area contributed by atoms with Crippen LogP contribution in [0.25, 0.3) is 0 Å². The molecule has 1 saturated heterocycles. The smallest absolute Gasteiger partial charge is 0.0552 e. The van der Waals surface area contributed by atoms with Gasteiger partial charge in [-0.15, -0.1) is 0 Å². The van der Waals surface area contributed by atoms with Crippen LogP contribution in [0.3, 0.4) is 0 Å². The lowest BCUT2D eigenvalue weighted by Crippen LogP contribution is -2.24. The van der Waals surface area contributed by atoms with Crippen LogP contribution < -0.4 is 4.90 Å². The maximum atomic E-state index is 4.48. The van der Waals surface area contributed by atoms with Gasteiger partial charge in [-0.25, -0.2) is 0 Å². The van der Waals surface area contributed by atoms with E-state index in [9.17, 15) is 0 Å². The molecule has 0 bridgehead atoms. The first-order valence-electron chi connectivity index (χ1n) is 6.49. The third kappa shape index (κ3) is 2.75. The maximum Gasteiger partial charge on any atom is 0.0552 e. The Labute approximate surface area is 98.7 Å². The van der Waals surface area contributed by atoms with E-state index in [1.54, 1.807) is 0 Å². The second-order valence-electron chi connectivity index (χ2n) is 4.88. The molecule has 2 nitrogen and oxygen atoms in total. The first-order valence-corrected chi connectivity index (χ1v) is 6.49. The number of pyridine rings is 1. The van der Waals surface area contributed by atoms with Crippen molar-refractivity contribution in [3.63, 3.8) is 0 Å². The van der Waals surface area contributed by atoms with Gasteiger partial charge in [-0.05, 0) is 43.7 Å². The molecular weight excluding hydrogens is 196 g/mol. The van der Waals surface area contributed by atoms with Gasteiger partial charge in [-0.3, -0.25) is 4.98 Å². The van der Waals surface area contributed by atoms with Gasteiger partial charge in [-0.1, -0.05) is 13.8 Å². The highest BCUT2D eigenvalue weighted by Gasteiger charge is 2.14. The van der Waals surface area contributed by atoms with E-state index in [0.717, 1.165) is 12.3 Å². The molecule has 1 aromatic heterocycles. The van der Waals surface area contributed by atoms with Crippen LogP contribution in [0.2, 0.25) is 0 Å². The van der Waals surface area contributed by atoms with Crippen molar-refractivity contribution in [2.24, 2.45) is 5.92 Å². The number of anilines is 1. The summed E-state index contributed by atoms with van der Waals surface area (Å²) in [6.07, 6.45) is 7.06. The van der Waals surface area contributed by atoms with Gasteiger partial charge >= 0.3 is 0 Å². The summed E-state index contributed by atoms with van der Waals surface area (Å²) in [6, 6.07) is 4.38. The monoisotopic (exact) mass is 218 g/mol. The number of rotatable bonds is 2. The average Bonchev–Trinajstić information content (AvgIpc) is 2.54. The number of aryl methyl sites for hydroxylation is 1. The highest BCUT2D eigenvalue weighted by atomic mass is 15.1. The second-order valence-corrected chi connectivity index (χ2v) is 4.88. The van der Waals surface area contributed by atoms with E-state index in [1.807, 2.05) is 6.20 Å². The quantitative estimate of drug-likeness (QED) is 0.757. The molecule has 0 amide bonds. The summed E-state index contributed by atoms with van der Waals surface area (Å²) in [7, 11) is 0. The van der Waals surface area contributed by atoms with Gasteiger partial charge in [0.15, 0.2) is 0 Å². The first kappa shape index (κ1) is 11.4. The summed E-state index contributed by atoms with van der Waals surface area (Å²) in [5, 5.41) is 0. The molecule has 1 atom stereocenters. The largest absolute Gasteiger partial charge is 0.370 e. The molecule has 1 aliphatic heterocycles. The van der Waals surface area contributed by atoms with Gasteiger partial charge in [-0.2, -0.15) is 0 Å². The number of aromatic nitrogens is 1. The van der Waals surface area contributed by atoms with E-state index in [2.05, 4.69) is 35.9 Å². The number of hydrogen-bond donors (Lipinski definition) is 0. The molecule has 2 heterocycles. The molecular formula is C14H22N2. The molecule has 0 spiro atoms. The molecule has 1 unspecified atom stereocenters. The molecule has 0 saturated carbocycles. The highest BCUT2D eigenvalue weighted by Crippen LogP contribution is 2.21. The SMILES string of the molecule is CCc1ccc(N2CCCC(C)CC2)cn1. The molecule has 0 N–H and O–H groups in total. The molecule has 0 radical (unpaired) electrons. The second kappa shape index (κ2) is 5.33. The van der Waals surface area contributed by atoms with Crippen molar-refractivity contribution in [3.8, 4) is 0 Å². The van der Waals surface area contributed by atoms with Gasteiger partial charge in [0.1, 0.15) is 0 Å². The third-order valence-electron chi connectivity index (χ3n) is 3.55. The van der Waals surface area contributed by atoms with E-state index in [0.29, 0.717) is 0 Å². The molecule has 0 aromatic carbocycles. The Morgan fingerprint density at radius 3 is 2.88 bits per heavy atom. The highest BCUT2D eigenvalue weighted by molar-refractivity contribution is 5.44. The average molecular weight is 218 g/mol. The summed E-state index contributed by atoms with van der Waals surface area (Å²) in [5.41, 5.74) is 2.48. The molecule has 88 valence electrons. The summed E-state index contributed by atoms with van der Waals surface area (Å²) in [4.78, 5) is 6.96. The van der Waals surface area contributed by atoms with E-state index >= 15 is 0 Å². The van der Waals surface area contributed by atoms with Crippen molar-refractivity contribution >= 4 is 5.69 Å². The molecule has 16 heavy (non-hydrogen) atoms. The van der Waals surface area contributed by atoms with Crippen LogP contribution in [0.15, 0.2) is 18.3 Å². The maximum absolute atomic E-state index is 4.48. The Morgan fingerprint density at radius 1 is 1.31 bits per heavy atom. The Hall–Kier alpha value is -1.05. The molecule has 1 fully saturated rings. The zero-order valence-electron chi connectivity index (χ0n) is 10.4. The van der Waals surface area contributed by atoms with Crippen LogP contribution in [-0.2, 0) is 6.42 Å². The lowest BCUT2D eigenvalue weighted by molar-refractivity contribution is 0.521. The first-order chi connectivity index (χ1) is 7.79. The fraction of sp³-hybridized carbons (Fsp3) is 0.643. The minimum absolute atomic E-state index is 0.882. The van der Waals surface area contributed by atoms with Crippen molar-refractivity contribution in [2.75, 3.05) is 18.0 Å². The number of nitrogens with zero attached hydrogens (tertiary/aromatic N) is 2. The fourth-order valence-corrected chi connectivity index (χ4v) is 2.33. The minimum atomic E-state index is 0.882. The topological polar surface area (TPSA) is 16.1 Å². The third-order valence-corrected chi connectivity index (χ3v) is 3.55. The van der Waals surface area contributed by atoms with Crippen LogP contribution in [0.1, 0.15) is 38.8 Å². The number of hydrogen-bond acceptors (Lipinski definition) is 2. The van der Waals surface area contributed by atoms with E-state index in [-0.39, 0.29) is 0 Å². The van der Waals surface area contributed by atoms with Crippen LogP contribution in [0, 0.1) is 5.92 Å². The fourth-order valence-electron chi connectivity index (χ4n) is 2.33. The van der Waals surface area contributed by atoms with Crippen molar-refractivity contribution in [3.05, 3.63) is 24.0 Å². The van der Waals surface area contributed by atoms with Crippen LogP contribution >= 0.6 is 0 Å². The Balaban J connectivity index is 2.04. The predicted octanol–water partition coefficient (Wildman–Crippen LogP) is 3.27. The van der Waals surface area contributed by atoms with Gasteiger partial charge in [0.25, 0.3) is 0 Å². The van der Waals surface area contributed by atoms with E-state index in [1.165, 1.54) is 43.7 Å². The minimum Gasteiger partial charge on any atom is -0.370 e. The molecule has 1 aliphatic rings. The van der Waals surface area contributed by atoms with Gasteiger partial charge in [0.2, 0.25) is 0 Å². The zero-order valence-corrected chi connectivity index (χ0v) is 10.4. The molecule has 2 heteroatoms. The Bertz CT molecular complexity index is 318. The Kier molecular flexibility index (Phi) is 3.81. The standard InChI is InChI=1S/C14H22N2/c1-3-13-6-7-14(11-15-13)16-9-4-5-12(2)8-10-16/h6-7,11-12H,3-5,8-10H2,1-2H3. The lowest BCUT2D eigenvalue weighted by Gasteiger charge is -2.22. The van der Waals surface area contributed by atoms with Crippen LogP contribution in [0.5, 0.6) is 0 Å². The summed E-state index contributed by atoms with van der Waals surface area (Å²) < 4.78 is 0. The zero-order chi connectivity index (χ0) is 11.4. The van der Waals surface area contributed by atoms with E-state index in [4.69, 9.17) is 0 Å². The molecule has 1 aromatic rings. The summed E-state index contributed by atoms with van der Waals surface area (Å²) in [6.45, 7) is 6.89. The van der Waals surface area contributed by atoms with Gasteiger partial charge in [0.05, 0.1) is 11.9 Å². The van der Waals surface area contributed by atoms with Crippen molar-refractivity contribution in [1.29, 1.82) is 0 Å². The normalized spacial score (nSPS) is 21.9. The Morgan fingerprint density at radius 2 is 2.19 bits per heavy atom.